The normalized spacial score (nSPS) is 14.0. The van der Waals surface area contributed by atoms with Gasteiger partial charge in [0.15, 0.2) is 0 Å². The minimum atomic E-state index is -0.0601. The lowest BCUT2D eigenvalue weighted by Crippen LogP contribution is -2.48. The fraction of sp³-hybridized carbons (Fsp3) is 0.455. The van der Waals surface area contributed by atoms with Gasteiger partial charge in [0, 0.05) is 36.6 Å². The molecule has 5 heteroatoms. The Balaban J connectivity index is 1.55. The summed E-state index contributed by atoms with van der Waals surface area (Å²) >= 11 is 0. The van der Waals surface area contributed by atoms with Crippen molar-refractivity contribution in [2.24, 2.45) is 5.92 Å². The molecule has 0 saturated heterocycles. The second kappa shape index (κ2) is 13.5. The molecule has 0 unspecified atom stereocenters. The van der Waals surface area contributed by atoms with E-state index in [4.69, 9.17) is 0 Å². The average Bonchev–Trinajstić information content (AvgIpc) is 3.37. The lowest BCUT2D eigenvalue weighted by molar-refractivity contribution is -0.135. The number of hydrogen-bond acceptors (Lipinski definition) is 2. The van der Waals surface area contributed by atoms with Gasteiger partial charge in [0.2, 0.25) is 5.91 Å². The predicted octanol–water partition coefficient (Wildman–Crippen LogP) is 6.69. The van der Waals surface area contributed by atoms with Crippen molar-refractivity contribution in [3.05, 3.63) is 95.3 Å². The molecule has 0 atom stereocenters. The number of hydrogen-bond donors (Lipinski definition) is 0. The van der Waals surface area contributed by atoms with Gasteiger partial charge >= 0.3 is 0 Å². The fourth-order valence-corrected chi connectivity index (χ4v) is 5.31. The molecule has 0 aliphatic heterocycles. The van der Waals surface area contributed by atoms with Crippen molar-refractivity contribution in [3.8, 4) is 0 Å². The maximum atomic E-state index is 14.0. The number of aryl methyl sites for hydroxylation is 1. The predicted molar refractivity (Wildman–Crippen MR) is 154 cm³/mol. The summed E-state index contributed by atoms with van der Waals surface area (Å²) in [5.74, 6) is 0.442. The van der Waals surface area contributed by atoms with Crippen molar-refractivity contribution in [3.63, 3.8) is 0 Å². The van der Waals surface area contributed by atoms with E-state index < -0.39 is 0 Å². The summed E-state index contributed by atoms with van der Waals surface area (Å²) in [6.07, 6.45) is 8.56. The third-order valence-corrected chi connectivity index (χ3v) is 7.68. The van der Waals surface area contributed by atoms with Crippen molar-refractivity contribution >= 4 is 11.8 Å². The summed E-state index contributed by atoms with van der Waals surface area (Å²) in [6, 6.07) is 22.5. The highest BCUT2D eigenvalue weighted by Crippen LogP contribution is 2.25. The molecule has 0 N–H and O–H groups in total. The highest BCUT2D eigenvalue weighted by atomic mass is 16.2. The maximum absolute atomic E-state index is 14.0. The fourth-order valence-electron chi connectivity index (χ4n) is 5.31. The van der Waals surface area contributed by atoms with E-state index in [1.54, 1.807) is 4.90 Å². The van der Waals surface area contributed by atoms with E-state index in [0.717, 1.165) is 49.9 Å². The minimum Gasteiger partial charge on any atom is -0.345 e. The minimum absolute atomic E-state index is 0.0496. The van der Waals surface area contributed by atoms with Gasteiger partial charge < -0.3 is 14.4 Å². The van der Waals surface area contributed by atoms with Crippen molar-refractivity contribution in [2.45, 2.75) is 78.4 Å². The lowest BCUT2D eigenvalue weighted by atomic mass is 9.94. The molecule has 3 aromatic rings. The molecule has 202 valence electrons. The molecule has 0 bridgehead atoms. The van der Waals surface area contributed by atoms with Crippen LogP contribution in [0.3, 0.4) is 0 Å². The SMILES string of the molecule is Cc1ccc(C(=O)N(CCC(C)C)CC(=O)N(Cc2cccn2Cc2ccccc2)C2CCCCC2)cc1. The van der Waals surface area contributed by atoms with Gasteiger partial charge in [-0.2, -0.15) is 0 Å². The Morgan fingerprint density at radius 1 is 0.921 bits per heavy atom. The Bertz CT molecular complexity index is 1160. The van der Waals surface area contributed by atoms with Crippen molar-refractivity contribution in [1.82, 2.24) is 14.4 Å². The van der Waals surface area contributed by atoms with Gasteiger partial charge in [0.1, 0.15) is 6.54 Å². The molecule has 4 rings (SSSR count). The number of amides is 2. The molecule has 0 radical (unpaired) electrons. The molecular formula is C33H43N3O2. The van der Waals surface area contributed by atoms with Crippen LogP contribution in [0.1, 0.15) is 79.6 Å². The lowest BCUT2D eigenvalue weighted by Gasteiger charge is -2.36. The van der Waals surface area contributed by atoms with E-state index in [-0.39, 0.29) is 24.4 Å². The molecule has 1 aliphatic carbocycles. The summed E-state index contributed by atoms with van der Waals surface area (Å²) in [5, 5.41) is 0. The number of rotatable bonds is 11. The number of nitrogens with zero attached hydrogens (tertiary/aromatic N) is 3. The molecule has 2 amide bonds. The van der Waals surface area contributed by atoms with Gasteiger partial charge in [0.25, 0.3) is 5.91 Å². The molecule has 1 aromatic heterocycles. The molecule has 1 heterocycles. The van der Waals surface area contributed by atoms with Gasteiger partial charge in [-0.3, -0.25) is 9.59 Å². The van der Waals surface area contributed by atoms with Crippen LogP contribution < -0.4 is 0 Å². The first-order valence-corrected chi connectivity index (χ1v) is 14.2. The van der Waals surface area contributed by atoms with Crippen molar-refractivity contribution in [2.75, 3.05) is 13.1 Å². The Hall–Kier alpha value is -3.34. The number of benzene rings is 2. The Labute approximate surface area is 228 Å². The van der Waals surface area contributed by atoms with E-state index in [9.17, 15) is 9.59 Å². The monoisotopic (exact) mass is 513 g/mol. The van der Waals surface area contributed by atoms with Gasteiger partial charge in [-0.05, 0) is 61.9 Å². The topological polar surface area (TPSA) is 45.6 Å². The van der Waals surface area contributed by atoms with Gasteiger partial charge in [0.05, 0.1) is 6.54 Å². The van der Waals surface area contributed by atoms with Crippen molar-refractivity contribution in [1.29, 1.82) is 0 Å². The largest absolute Gasteiger partial charge is 0.345 e. The van der Waals surface area contributed by atoms with Gasteiger partial charge in [-0.1, -0.05) is 81.1 Å². The molecule has 1 saturated carbocycles. The molecule has 1 fully saturated rings. The standard InChI is InChI=1S/C33H43N3O2/c1-26(2)20-22-35(33(38)29-18-16-27(3)17-19-29)25-32(37)36(30-13-8-5-9-14-30)24-31-15-10-21-34(31)23-28-11-6-4-7-12-28/h4,6-7,10-12,15-19,21,26,30H,5,8-9,13-14,20,22-25H2,1-3H3. The third kappa shape index (κ3) is 7.59. The zero-order valence-electron chi connectivity index (χ0n) is 23.3. The van der Waals surface area contributed by atoms with E-state index in [1.807, 2.05) is 37.3 Å². The number of carbonyl (C=O) groups excluding carboxylic acids is 2. The zero-order valence-corrected chi connectivity index (χ0v) is 23.3. The second-order valence-corrected chi connectivity index (χ2v) is 11.2. The summed E-state index contributed by atoms with van der Waals surface area (Å²) in [6.45, 7) is 8.39. The second-order valence-electron chi connectivity index (χ2n) is 11.2. The highest BCUT2D eigenvalue weighted by Gasteiger charge is 2.29. The first-order valence-electron chi connectivity index (χ1n) is 14.2. The van der Waals surface area contributed by atoms with Gasteiger partial charge in [-0.15, -0.1) is 0 Å². The third-order valence-electron chi connectivity index (χ3n) is 7.68. The van der Waals surface area contributed by atoms with Crippen LogP contribution in [-0.2, 0) is 17.9 Å². The highest BCUT2D eigenvalue weighted by molar-refractivity contribution is 5.96. The molecule has 38 heavy (non-hydrogen) atoms. The summed E-state index contributed by atoms with van der Waals surface area (Å²) in [4.78, 5) is 31.4. The van der Waals surface area contributed by atoms with Crippen LogP contribution in [-0.4, -0.2) is 45.3 Å². The summed E-state index contributed by atoms with van der Waals surface area (Å²) in [5.41, 5.74) is 4.14. The smallest absolute Gasteiger partial charge is 0.254 e. The molecular weight excluding hydrogens is 470 g/mol. The quantitative estimate of drug-likeness (QED) is 0.287. The van der Waals surface area contributed by atoms with Crippen LogP contribution in [0.5, 0.6) is 0 Å². The maximum Gasteiger partial charge on any atom is 0.254 e. The van der Waals surface area contributed by atoms with Crippen LogP contribution in [0.15, 0.2) is 72.9 Å². The van der Waals surface area contributed by atoms with Crippen LogP contribution in [0, 0.1) is 12.8 Å². The number of carbonyl (C=O) groups is 2. The van der Waals surface area contributed by atoms with Crippen LogP contribution in [0.2, 0.25) is 0 Å². The molecule has 2 aromatic carbocycles. The first kappa shape index (κ1) is 27.7. The molecule has 1 aliphatic rings. The Morgan fingerprint density at radius 3 is 2.32 bits per heavy atom. The first-order chi connectivity index (χ1) is 18.4. The van der Waals surface area contributed by atoms with E-state index in [0.29, 0.717) is 24.6 Å². The van der Waals surface area contributed by atoms with Crippen LogP contribution in [0.4, 0.5) is 0 Å². The van der Waals surface area contributed by atoms with E-state index >= 15 is 0 Å². The zero-order chi connectivity index (χ0) is 26.9. The summed E-state index contributed by atoms with van der Waals surface area (Å²) < 4.78 is 2.24. The number of aromatic nitrogens is 1. The van der Waals surface area contributed by atoms with Gasteiger partial charge in [-0.25, -0.2) is 0 Å². The molecule has 0 spiro atoms. The van der Waals surface area contributed by atoms with E-state index in [1.165, 1.54) is 12.0 Å². The summed E-state index contributed by atoms with van der Waals surface area (Å²) in [7, 11) is 0. The van der Waals surface area contributed by atoms with Crippen LogP contribution >= 0.6 is 0 Å². The van der Waals surface area contributed by atoms with E-state index in [2.05, 4.69) is 65.9 Å². The Morgan fingerprint density at radius 2 is 1.63 bits per heavy atom. The van der Waals surface area contributed by atoms with Crippen LogP contribution in [0.25, 0.3) is 0 Å². The molecule has 5 nitrogen and oxygen atoms in total. The van der Waals surface area contributed by atoms with Crippen molar-refractivity contribution < 1.29 is 9.59 Å². The Kier molecular flexibility index (Phi) is 9.80. The average molecular weight is 514 g/mol.